The van der Waals surface area contributed by atoms with Gasteiger partial charge >= 0.3 is 0 Å². The highest BCUT2D eigenvalue weighted by molar-refractivity contribution is 6.01. The van der Waals surface area contributed by atoms with Gasteiger partial charge in [0.15, 0.2) is 28.8 Å². The Morgan fingerprint density at radius 1 is 0.970 bits per heavy atom. The van der Waals surface area contributed by atoms with Crippen molar-refractivity contribution in [3.8, 4) is 23.0 Å². The summed E-state index contributed by atoms with van der Waals surface area (Å²) in [7, 11) is 2.81. The topological polar surface area (TPSA) is 143 Å². The first-order valence-corrected chi connectivity index (χ1v) is 10.2. The van der Waals surface area contributed by atoms with Crippen molar-refractivity contribution in [1.82, 2.24) is 5.06 Å². The number of rotatable bonds is 11. The summed E-state index contributed by atoms with van der Waals surface area (Å²) in [5.41, 5.74) is 6.68. The van der Waals surface area contributed by atoms with Crippen LogP contribution in [0, 0.1) is 0 Å². The number of hydrogen-bond acceptors (Lipinski definition) is 8. The van der Waals surface area contributed by atoms with E-state index >= 15 is 0 Å². The largest absolute Gasteiger partial charge is 0.504 e. The Morgan fingerprint density at radius 2 is 1.48 bits per heavy atom. The van der Waals surface area contributed by atoms with Crippen LogP contribution in [-0.4, -0.2) is 59.0 Å². The maximum atomic E-state index is 12.8. The number of phenols is 2. The van der Waals surface area contributed by atoms with E-state index in [2.05, 4.69) is 0 Å². The maximum absolute atomic E-state index is 12.8. The maximum Gasteiger partial charge on any atom is 0.270 e. The first-order valence-electron chi connectivity index (χ1n) is 10.2. The molecule has 1 amide bonds. The Morgan fingerprint density at radius 3 is 1.97 bits per heavy atom. The van der Waals surface area contributed by atoms with Crippen LogP contribution >= 0.6 is 0 Å². The number of benzene rings is 2. The fourth-order valence-electron chi connectivity index (χ4n) is 2.98. The highest BCUT2D eigenvalue weighted by Gasteiger charge is 2.25. The van der Waals surface area contributed by atoms with Crippen LogP contribution < -0.4 is 15.2 Å². The van der Waals surface area contributed by atoms with Gasteiger partial charge < -0.3 is 25.4 Å². The monoisotopic (exact) mass is 456 g/mol. The fraction of sp³-hybridized carbons (Fsp3) is 0.250. The molecular weight excluding hydrogens is 428 g/mol. The Bertz CT molecular complexity index is 1030. The average Bonchev–Trinajstić information content (AvgIpc) is 2.82. The van der Waals surface area contributed by atoms with E-state index in [1.807, 2.05) is 0 Å². The number of ether oxygens (including phenoxy) is 2. The fourth-order valence-corrected chi connectivity index (χ4v) is 2.98. The highest BCUT2D eigenvalue weighted by atomic mass is 16.5. The van der Waals surface area contributed by atoms with Gasteiger partial charge in [0.05, 0.1) is 14.2 Å². The van der Waals surface area contributed by atoms with Gasteiger partial charge in [0, 0.05) is 6.08 Å². The minimum Gasteiger partial charge on any atom is -0.504 e. The van der Waals surface area contributed by atoms with E-state index in [4.69, 9.17) is 15.2 Å². The Labute approximate surface area is 191 Å². The molecule has 2 aromatic carbocycles. The molecule has 1 atom stereocenters. The summed E-state index contributed by atoms with van der Waals surface area (Å²) in [6.07, 6.45) is 5.87. The Kier molecular flexibility index (Phi) is 9.46. The minimum atomic E-state index is -1.13. The quantitative estimate of drug-likeness (QED) is 0.230. The number of hydroxylamine groups is 2. The van der Waals surface area contributed by atoms with Crippen LogP contribution in [-0.2, 0) is 9.59 Å². The molecule has 176 valence electrons. The minimum absolute atomic E-state index is 0.0352. The predicted octanol–water partition coefficient (Wildman–Crippen LogP) is 2.74. The lowest BCUT2D eigenvalue weighted by Crippen LogP contribution is -2.41. The lowest BCUT2D eigenvalue weighted by Gasteiger charge is -2.22. The predicted molar refractivity (Wildman–Crippen MR) is 123 cm³/mol. The molecule has 0 radical (unpaired) electrons. The zero-order chi connectivity index (χ0) is 24.4. The summed E-state index contributed by atoms with van der Waals surface area (Å²) < 4.78 is 10.1. The van der Waals surface area contributed by atoms with E-state index in [1.165, 1.54) is 50.6 Å². The molecule has 5 N–H and O–H groups in total. The summed E-state index contributed by atoms with van der Waals surface area (Å²) in [5.74, 6) is -0.887. The summed E-state index contributed by atoms with van der Waals surface area (Å²) in [6.45, 7) is 0.286. The number of methoxy groups -OCH3 is 2. The molecule has 0 saturated heterocycles. The second-order valence-corrected chi connectivity index (χ2v) is 7.06. The van der Waals surface area contributed by atoms with E-state index in [1.54, 1.807) is 18.2 Å². The molecular formula is C24H28N2O7. The molecule has 0 heterocycles. The van der Waals surface area contributed by atoms with Gasteiger partial charge in [-0.15, -0.1) is 0 Å². The summed E-state index contributed by atoms with van der Waals surface area (Å²) in [6, 6.07) is 7.94. The van der Waals surface area contributed by atoms with Gasteiger partial charge in [0.25, 0.3) is 5.91 Å². The second-order valence-electron chi connectivity index (χ2n) is 7.06. The number of hydrogen-bond donors (Lipinski definition) is 4. The van der Waals surface area contributed by atoms with Gasteiger partial charge in [-0.05, 0) is 66.9 Å². The molecule has 0 fully saturated rings. The van der Waals surface area contributed by atoms with E-state index < -0.39 is 17.7 Å². The molecule has 33 heavy (non-hydrogen) atoms. The molecule has 9 nitrogen and oxygen atoms in total. The number of phenolic OH excluding ortho intramolecular Hbond substituents is 2. The van der Waals surface area contributed by atoms with Crippen molar-refractivity contribution < 1.29 is 34.5 Å². The van der Waals surface area contributed by atoms with Crippen LogP contribution in [0.1, 0.15) is 24.0 Å². The number of aromatic hydroxyl groups is 2. The third-order valence-electron chi connectivity index (χ3n) is 4.80. The molecule has 0 saturated carbocycles. The van der Waals surface area contributed by atoms with E-state index in [-0.39, 0.29) is 36.0 Å². The Balaban J connectivity index is 2.16. The van der Waals surface area contributed by atoms with Crippen molar-refractivity contribution >= 4 is 23.8 Å². The van der Waals surface area contributed by atoms with Crippen molar-refractivity contribution in [2.45, 2.75) is 18.9 Å². The van der Waals surface area contributed by atoms with Crippen LogP contribution in [0.2, 0.25) is 0 Å². The van der Waals surface area contributed by atoms with Gasteiger partial charge in [0.1, 0.15) is 6.04 Å². The van der Waals surface area contributed by atoms with Crippen molar-refractivity contribution in [2.75, 3.05) is 20.8 Å². The lowest BCUT2D eigenvalue weighted by atomic mass is 10.0. The molecule has 0 aliphatic rings. The number of nitrogens with zero attached hydrogens (tertiary/aromatic N) is 1. The number of carbonyl (C=O) groups is 2. The molecule has 2 aromatic rings. The highest BCUT2D eigenvalue weighted by Crippen LogP contribution is 2.27. The zero-order valence-electron chi connectivity index (χ0n) is 18.5. The zero-order valence-corrected chi connectivity index (χ0v) is 18.5. The lowest BCUT2D eigenvalue weighted by molar-refractivity contribution is -0.173. The van der Waals surface area contributed by atoms with Crippen LogP contribution in [0.15, 0.2) is 48.6 Å². The van der Waals surface area contributed by atoms with Gasteiger partial charge in [-0.1, -0.05) is 18.2 Å². The number of ketones is 1. The summed E-state index contributed by atoms with van der Waals surface area (Å²) in [4.78, 5) is 25.3. The van der Waals surface area contributed by atoms with E-state index in [0.717, 1.165) is 6.08 Å². The average molecular weight is 456 g/mol. The normalized spacial score (nSPS) is 12.1. The van der Waals surface area contributed by atoms with Gasteiger partial charge in [-0.25, -0.2) is 5.06 Å². The molecule has 0 spiro atoms. The smallest absolute Gasteiger partial charge is 0.270 e. The molecule has 0 aliphatic carbocycles. The molecule has 2 rings (SSSR count). The standard InChI is InChI=1S/C24H28N2O7/c1-32-22-14-16(6-10-20(22)28)5-9-19(27)18(4-3-13-25)26(31)24(30)12-8-17-7-11-21(29)23(15-17)33-2/h5-12,14-15,18,28-29,31H,3-4,13,25H2,1-2H3/b9-5+,12-8+. The summed E-state index contributed by atoms with van der Waals surface area (Å²) >= 11 is 0. The van der Waals surface area contributed by atoms with Crippen molar-refractivity contribution in [1.29, 1.82) is 0 Å². The van der Waals surface area contributed by atoms with Gasteiger partial charge in [-0.3, -0.25) is 14.8 Å². The molecule has 0 aromatic heterocycles. The molecule has 0 aliphatic heterocycles. The van der Waals surface area contributed by atoms with Crippen molar-refractivity contribution in [3.63, 3.8) is 0 Å². The second kappa shape index (κ2) is 12.3. The van der Waals surface area contributed by atoms with Crippen LogP contribution in [0.5, 0.6) is 23.0 Å². The number of amides is 1. The SMILES string of the molecule is COc1cc(/C=C/C(=O)C(CCCN)N(O)C(=O)/C=C/c2ccc(O)c(OC)c2)ccc1O. The van der Waals surface area contributed by atoms with E-state index in [0.29, 0.717) is 22.6 Å². The van der Waals surface area contributed by atoms with Gasteiger partial charge in [0.2, 0.25) is 0 Å². The van der Waals surface area contributed by atoms with E-state index in [9.17, 15) is 25.0 Å². The van der Waals surface area contributed by atoms with Crippen LogP contribution in [0.3, 0.4) is 0 Å². The third kappa shape index (κ3) is 7.09. The summed E-state index contributed by atoms with van der Waals surface area (Å²) in [5, 5.41) is 30.1. The van der Waals surface area contributed by atoms with Crippen molar-refractivity contribution in [3.05, 3.63) is 59.7 Å². The first-order chi connectivity index (χ1) is 15.8. The Hall–Kier alpha value is -3.82. The first kappa shape index (κ1) is 25.4. The van der Waals surface area contributed by atoms with Crippen LogP contribution in [0.25, 0.3) is 12.2 Å². The van der Waals surface area contributed by atoms with Crippen molar-refractivity contribution in [2.24, 2.45) is 5.73 Å². The molecule has 9 heteroatoms. The van der Waals surface area contributed by atoms with Gasteiger partial charge in [-0.2, -0.15) is 0 Å². The third-order valence-corrected chi connectivity index (χ3v) is 4.80. The van der Waals surface area contributed by atoms with Crippen LogP contribution in [0.4, 0.5) is 0 Å². The number of nitrogens with two attached hydrogens (primary N) is 1. The molecule has 0 bridgehead atoms. The molecule has 1 unspecified atom stereocenters. The number of carbonyl (C=O) groups excluding carboxylic acids is 2.